The summed E-state index contributed by atoms with van der Waals surface area (Å²) in [6.45, 7) is 2.49. The van der Waals surface area contributed by atoms with E-state index in [0.29, 0.717) is 13.3 Å². The SMILES string of the molecule is CCCc1ccc(C(C)(O)CC(F)(F)C(F)(F)C(F)(F)C(F)(F)F)cc1. The van der Waals surface area contributed by atoms with Crippen molar-refractivity contribution < 1.29 is 44.6 Å². The third-order valence-corrected chi connectivity index (χ3v) is 3.89. The molecule has 0 amide bonds. The summed E-state index contributed by atoms with van der Waals surface area (Å²) in [5.74, 6) is -19.5. The summed E-state index contributed by atoms with van der Waals surface area (Å²) in [5, 5.41) is 10.0. The fourth-order valence-corrected chi connectivity index (χ4v) is 2.37. The number of hydrogen-bond donors (Lipinski definition) is 1. The molecule has 0 spiro atoms. The molecule has 1 nitrogen and oxygen atoms in total. The Kier molecular flexibility index (Phi) is 6.03. The lowest BCUT2D eigenvalue weighted by Crippen LogP contribution is -2.62. The number of aliphatic hydroxyl groups is 1. The quantitative estimate of drug-likeness (QED) is 0.586. The summed E-state index contributed by atoms with van der Waals surface area (Å²) in [6, 6.07) is 5.07. The van der Waals surface area contributed by atoms with Gasteiger partial charge in [0, 0.05) is 0 Å². The van der Waals surface area contributed by atoms with Gasteiger partial charge in [0.2, 0.25) is 0 Å². The molecule has 1 aromatic rings. The predicted molar refractivity (Wildman–Crippen MR) is 75.5 cm³/mol. The largest absolute Gasteiger partial charge is 0.460 e. The van der Waals surface area contributed by atoms with Gasteiger partial charge in [0.25, 0.3) is 0 Å². The van der Waals surface area contributed by atoms with Crippen LogP contribution in [0.5, 0.6) is 0 Å². The third-order valence-electron chi connectivity index (χ3n) is 3.89. The van der Waals surface area contributed by atoms with Crippen molar-refractivity contribution >= 4 is 0 Å². The first kappa shape index (κ1) is 22.6. The lowest BCUT2D eigenvalue weighted by Gasteiger charge is -2.37. The highest BCUT2D eigenvalue weighted by Gasteiger charge is 2.81. The monoisotopic (exact) mass is 396 g/mol. The topological polar surface area (TPSA) is 20.2 Å². The van der Waals surface area contributed by atoms with Crippen LogP contribution in [0.1, 0.15) is 37.8 Å². The zero-order chi connectivity index (χ0) is 20.6. The van der Waals surface area contributed by atoms with E-state index in [-0.39, 0.29) is 5.56 Å². The molecule has 1 atom stereocenters. The molecule has 0 saturated heterocycles. The van der Waals surface area contributed by atoms with Gasteiger partial charge in [0.05, 0.1) is 12.0 Å². The second-order valence-corrected chi connectivity index (χ2v) is 6.25. The van der Waals surface area contributed by atoms with Gasteiger partial charge in [0.1, 0.15) is 0 Å². The zero-order valence-corrected chi connectivity index (χ0v) is 13.8. The summed E-state index contributed by atoms with van der Waals surface area (Å²) in [4.78, 5) is 0. The molecule has 1 aromatic carbocycles. The molecule has 1 unspecified atom stereocenters. The second-order valence-electron chi connectivity index (χ2n) is 6.25. The third kappa shape index (κ3) is 4.10. The Bertz CT molecular complexity index is 603. The average Bonchev–Trinajstić information content (AvgIpc) is 2.45. The van der Waals surface area contributed by atoms with E-state index in [0.717, 1.165) is 24.1 Å². The highest BCUT2D eigenvalue weighted by Crippen LogP contribution is 2.55. The van der Waals surface area contributed by atoms with Crippen molar-refractivity contribution in [2.24, 2.45) is 0 Å². The molecule has 26 heavy (non-hydrogen) atoms. The number of halogens is 9. The van der Waals surface area contributed by atoms with E-state index in [2.05, 4.69) is 0 Å². The Labute approximate surface area is 143 Å². The Morgan fingerprint density at radius 3 is 1.65 bits per heavy atom. The Hall–Kier alpha value is -1.45. The van der Waals surface area contributed by atoms with Gasteiger partial charge in [0.15, 0.2) is 0 Å². The van der Waals surface area contributed by atoms with Gasteiger partial charge in [-0.1, -0.05) is 37.6 Å². The molecule has 0 heterocycles. The van der Waals surface area contributed by atoms with Gasteiger partial charge in [-0.05, 0) is 24.5 Å². The average molecular weight is 396 g/mol. The lowest BCUT2D eigenvalue weighted by atomic mass is 9.85. The molecule has 0 aliphatic rings. The molecule has 1 rings (SSSR count). The van der Waals surface area contributed by atoms with Crippen LogP contribution in [0, 0.1) is 0 Å². The molecule has 0 fully saturated rings. The molecule has 0 saturated carbocycles. The summed E-state index contributed by atoms with van der Waals surface area (Å²) in [6.07, 6.45) is -7.86. The van der Waals surface area contributed by atoms with Gasteiger partial charge in [-0.15, -0.1) is 0 Å². The molecule has 10 heteroatoms. The molecule has 0 aliphatic heterocycles. The number of aryl methyl sites for hydroxylation is 1. The van der Waals surface area contributed by atoms with E-state index in [1.165, 1.54) is 12.1 Å². The Morgan fingerprint density at radius 2 is 1.27 bits per heavy atom. The van der Waals surface area contributed by atoms with Crippen LogP contribution in [0.3, 0.4) is 0 Å². The maximum atomic E-state index is 13.7. The van der Waals surface area contributed by atoms with Crippen molar-refractivity contribution in [1.29, 1.82) is 0 Å². The van der Waals surface area contributed by atoms with E-state index >= 15 is 0 Å². The predicted octanol–water partition coefficient (Wildman–Crippen LogP) is 5.70. The Morgan fingerprint density at radius 1 is 0.808 bits per heavy atom. The van der Waals surface area contributed by atoms with Crippen LogP contribution in [0.25, 0.3) is 0 Å². The van der Waals surface area contributed by atoms with Crippen molar-refractivity contribution in [2.75, 3.05) is 0 Å². The summed E-state index contributed by atoms with van der Waals surface area (Å²) < 4.78 is 116. The highest BCUT2D eigenvalue weighted by atomic mass is 19.4. The maximum Gasteiger partial charge on any atom is 0.460 e. The zero-order valence-electron chi connectivity index (χ0n) is 13.8. The fourth-order valence-electron chi connectivity index (χ4n) is 2.37. The number of alkyl halides is 9. The molecule has 0 aromatic heterocycles. The van der Waals surface area contributed by atoms with Crippen LogP contribution in [-0.4, -0.2) is 29.1 Å². The maximum absolute atomic E-state index is 13.7. The Balaban J connectivity index is 3.16. The first-order valence-electron chi connectivity index (χ1n) is 7.51. The molecule has 1 N–H and O–H groups in total. The first-order valence-corrected chi connectivity index (χ1v) is 7.51. The van der Waals surface area contributed by atoms with Crippen LogP contribution in [0.4, 0.5) is 39.5 Å². The van der Waals surface area contributed by atoms with Gasteiger partial charge in [-0.2, -0.15) is 39.5 Å². The van der Waals surface area contributed by atoms with Crippen LogP contribution >= 0.6 is 0 Å². The van der Waals surface area contributed by atoms with Crippen LogP contribution in [0.15, 0.2) is 24.3 Å². The van der Waals surface area contributed by atoms with E-state index in [4.69, 9.17) is 0 Å². The summed E-state index contributed by atoms with van der Waals surface area (Å²) >= 11 is 0. The smallest absolute Gasteiger partial charge is 0.385 e. The number of benzene rings is 1. The van der Waals surface area contributed by atoms with E-state index in [1.807, 2.05) is 6.92 Å². The first-order chi connectivity index (χ1) is 11.5. The van der Waals surface area contributed by atoms with Crippen molar-refractivity contribution in [3.8, 4) is 0 Å². The van der Waals surface area contributed by atoms with Gasteiger partial charge in [-0.3, -0.25) is 0 Å². The normalized spacial score (nSPS) is 16.5. The van der Waals surface area contributed by atoms with Crippen molar-refractivity contribution in [3.63, 3.8) is 0 Å². The summed E-state index contributed by atoms with van der Waals surface area (Å²) in [7, 11) is 0. The molecule has 150 valence electrons. The number of rotatable bonds is 7. The van der Waals surface area contributed by atoms with Crippen LogP contribution in [0.2, 0.25) is 0 Å². The van der Waals surface area contributed by atoms with Gasteiger partial charge >= 0.3 is 23.9 Å². The lowest BCUT2D eigenvalue weighted by molar-refractivity contribution is -0.400. The molecule has 0 aliphatic carbocycles. The van der Waals surface area contributed by atoms with Crippen LogP contribution < -0.4 is 0 Å². The van der Waals surface area contributed by atoms with Crippen molar-refractivity contribution in [1.82, 2.24) is 0 Å². The van der Waals surface area contributed by atoms with E-state index in [1.54, 1.807) is 0 Å². The number of hydrogen-bond acceptors (Lipinski definition) is 1. The fraction of sp³-hybridized carbons (Fsp3) is 0.625. The highest BCUT2D eigenvalue weighted by molar-refractivity contribution is 5.27. The van der Waals surface area contributed by atoms with Gasteiger partial charge in [-0.25, -0.2) is 0 Å². The van der Waals surface area contributed by atoms with E-state index < -0.39 is 36.0 Å². The van der Waals surface area contributed by atoms with Crippen LogP contribution in [-0.2, 0) is 12.0 Å². The van der Waals surface area contributed by atoms with Gasteiger partial charge < -0.3 is 5.11 Å². The molecular weight excluding hydrogens is 379 g/mol. The van der Waals surface area contributed by atoms with E-state index in [9.17, 15) is 44.6 Å². The second kappa shape index (κ2) is 6.94. The van der Waals surface area contributed by atoms with Crippen molar-refractivity contribution in [3.05, 3.63) is 35.4 Å². The summed E-state index contributed by atoms with van der Waals surface area (Å²) in [5.41, 5.74) is -2.34. The van der Waals surface area contributed by atoms with Crippen molar-refractivity contribution in [2.45, 2.75) is 62.7 Å². The minimum absolute atomic E-state index is 0.317. The molecule has 0 radical (unpaired) electrons. The minimum atomic E-state index is -6.97. The molecule has 0 bridgehead atoms. The standard InChI is InChI=1S/C16H17F9O/c1-3-4-10-5-7-11(8-6-10)12(2,26)9-13(17,18)14(19,20)15(21,22)16(23,24)25/h5-8,26H,3-4,9H2,1-2H3. The minimum Gasteiger partial charge on any atom is -0.385 e. The molecular formula is C16H17F9O.